The van der Waals surface area contributed by atoms with Crippen molar-refractivity contribution < 1.29 is 0 Å². The molecule has 2 atom stereocenters. The van der Waals surface area contributed by atoms with Crippen molar-refractivity contribution in [2.24, 2.45) is 5.92 Å². The number of rotatable bonds is 1. The van der Waals surface area contributed by atoms with E-state index in [1.807, 2.05) is 0 Å². The van der Waals surface area contributed by atoms with Crippen LogP contribution in [0.3, 0.4) is 0 Å². The molecule has 3 nitrogen and oxygen atoms in total. The molecule has 16 heavy (non-hydrogen) atoms. The standard InChI is InChI=1S/C13H27N3/c1-11-9-15(4)7-5-12(11)16-8-6-14-13(2,3)10-16/h11-12,14H,5-10H2,1-4H3. The smallest absolute Gasteiger partial charge is 0.0252 e. The molecule has 0 aromatic carbocycles. The average molecular weight is 225 g/mol. The van der Waals surface area contributed by atoms with Crippen LogP contribution in [0.15, 0.2) is 0 Å². The van der Waals surface area contributed by atoms with Crippen LogP contribution in [0, 0.1) is 5.92 Å². The topological polar surface area (TPSA) is 18.5 Å². The van der Waals surface area contributed by atoms with Crippen molar-refractivity contribution in [3.63, 3.8) is 0 Å². The number of hydrogen-bond acceptors (Lipinski definition) is 3. The lowest BCUT2D eigenvalue weighted by molar-refractivity contribution is 0.0385. The first-order chi connectivity index (χ1) is 7.48. The van der Waals surface area contributed by atoms with Gasteiger partial charge in [-0.05, 0) is 39.8 Å². The first kappa shape index (κ1) is 12.3. The highest BCUT2D eigenvalue weighted by Gasteiger charge is 2.34. The predicted octanol–water partition coefficient (Wildman–Crippen LogP) is 1.01. The van der Waals surface area contributed by atoms with Crippen molar-refractivity contribution in [1.82, 2.24) is 15.1 Å². The summed E-state index contributed by atoms with van der Waals surface area (Å²) in [6.07, 6.45) is 1.34. The maximum Gasteiger partial charge on any atom is 0.0252 e. The molecule has 0 spiro atoms. The van der Waals surface area contributed by atoms with Crippen LogP contribution in [0.1, 0.15) is 27.2 Å². The quantitative estimate of drug-likeness (QED) is 0.718. The van der Waals surface area contributed by atoms with Crippen molar-refractivity contribution in [1.29, 1.82) is 0 Å². The Balaban J connectivity index is 1.96. The van der Waals surface area contributed by atoms with Gasteiger partial charge in [0.1, 0.15) is 0 Å². The zero-order valence-corrected chi connectivity index (χ0v) is 11.3. The third-order valence-corrected chi connectivity index (χ3v) is 4.13. The highest BCUT2D eigenvalue weighted by Crippen LogP contribution is 2.24. The van der Waals surface area contributed by atoms with E-state index in [-0.39, 0.29) is 0 Å². The van der Waals surface area contributed by atoms with Gasteiger partial charge in [-0.1, -0.05) is 6.92 Å². The fourth-order valence-corrected chi connectivity index (χ4v) is 3.35. The molecule has 2 fully saturated rings. The number of hydrogen-bond donors (Lipinski definition) is 1. The summed E-state index contributed by atoms with van der Waals surface area (Å²) in [5.41, 5.74) is 0.293. The van der Waals surface area contributed by atoms with Crippen molar-refractivity contribution in [3.05, 3.63) is 0 Å². The Morgan fingerprint density at radius 3 is 2.62 bits per heavy atom. The average Bonchev–Trinajstić information content (AvgIpc) is 2.15. The molecule has 0 aliphatic carbocycles. The Kier molecular flexibility index (Phi) is 3.57. The fraction of sp³-hybridized carbons (Fsp3) is 1.00. The van der Waals surface area contributed by atoms with Crippen LogP contribution < -0.4 is 5.32 Å². The fourth-order valence-electron chi connectivity index (χ4n) is 3.35. The minimum absolute atomic E-state index is 0.293. The van der Waals surface area contributed by atoms with Gasteiger partial charge in [-0.2, -0.15) is 0 Å². The molecule has 2 heterocycles. The molecule has 2 unspecified atom stereocenters. The van der Waals surface area contributed by atoms with Crippen LogP contribution in [0.2, 0.25) is 0 Å². The van der Waals surface area contributed by atoms with Gasteiger partial charge in [0.15, 0.2) is 0 Å². The molecule has 0 aromatic heterocycles. The second-order valence-corrected chi connectivity index (χ2v) is 6.38. The zero-order valence-electron chi connectivity index (χ0n) is 11.3. The zero-order chi connectivity index (χ0) is 11.8. The maximum atomic E-state index is 3.60. The lowest BCUT2D eigenvalue weighted by Gasteiger charge is -2.47. The summed E-state index contributed by atoms with van der Waals surface area (Å²) in [6.45, 7) is 13.1. The predicted molar refractivity (Wildman–Crippen MR) is 68.7 cm³/mol. The van der Waals surface area contributed by atoms with Crippen molar-refractivity contribution in [2.45, 2.75) is 38.8 Å². The van der Waals surface area contributed by atoms with Crippen LogP contribution in [0.5, 0.6) is 0 Å². The molecule has 0 bridgehead atoms. The monoisotopic (exact) mass is 225 g/mol. The lowest BCUT2D eigenvalue weighted by atomic mass is 9.90. The van der Waals surface area contributed by atoms with E-state index >= 15 is 0 Å². The van der Waals surface area contributed by atoms with Gasteiger partial charge in [0, 0.05) is 37.8 Å². The molecule has 2 rings (SSSR count). The summed E-state index contributed by atoms with van der Waals surface area (Å²) in [6, 6.07) is 0.803. The Hall–Kier alpha value is -0.120. The van der Waals surface area contributed by atoms with E-state index in [1.54, 1.807) is 0 Å². The summed E-state index contributed by atoms with van der Waals surface area (Å²) >= 11 is 0. The molecule has 0 amide bonds. The van der Waals surface area contributed by atoms with Crippen LogP contribution in [0.25, 0.3) is 0 Å². The molecule has 3 heteroatoms. The number of nitrogens with zero attached hydrogens (tertiary/aromatic N) is 2. The first-order valence-corrected chi connectivity index (χ1v) is 6.65. The molecule has 2 aliphatic rings. The highest BCUT2D eigenvalue weighted by atomic mass is 15.3. The molecular formula is C13H27N3. The van der Waals surface area contributed by atoms with Crippen LogP contribution in [-0.4, -0.2) is 61.2 Å². The van der Waals surface area contributed by atoms with Gasteiger partial charge in [0.2, 0.25) is 0 Å². The van der Waals surface area contributed by atoms with Gasteiger partial charge in [-0.3, -0.25) is 4.90 Å². The van der Waals surface area contributed by atoms with E-state index in [4.69, 9.17) is 0 Å². The van der Waals surface area contributed by atoms with E-state index in [0.29, 0.717) is 5.54 Å². The van der Waals surface area contributed by atoms with Gasteiger partial charge in [0.05, 0.1) is 0 Å². The first-order valence-electron chi connectivity index (χ1n) is 6.65. The van der Waals surface area contributed by atoms with Crippen LogP contribution >= 0.6 is 0 Å². The summed E-state index contributed by atoms with van der Waals surface area (Å²) in [7, 11) is 2.24. The molecular weight excluding hydrogens is 198 g/mol. The van der Waals surface area contributed by atoms with Gasteiger partial charge in [-0.25, -0.2) is 0 Å². The molecule has 94 valence electrons. The third kappa shape index (κ3) is 2.76. The molecule has 0 saturated carbocycles. The number of likely N-dealkylation sites (tertiary alicyclic amines) is 1. The molecule has 2 aliphatic heterocycles. The van der Waals surface area contributed by atoms with Crippen molar-refractivity contribution in [2.75, 3.05) is 39.8 Å². The molecule has 2 saturated heterocycles. The van der Waals surface area contributed by atoms with Gasteiger partial charge >= 0.3 is 0 Å². The van der Waals surface area contributed by atoms with Crippen molar-refractivity contribution >= 4 is 0 Å². The second-order valence-electron chi connectivity index (χ2n) is 6.38. The van der Waals surface area contributed by atoms with Crippen LogP contribution in [-0.2, 0) is 0 Å². The van der Waals surface area contributed by atoms with Crippen molar-refractivity contribution in [3.8, 4) is 0 Å². The summed E-state index contributed by atoms with van der Waals surface area (Å²) in [4.78, 5) is 5.18. The Morgan fingerprint density at radius 1 is 1.25 bits per heavy atom. The summed E-state index contributed by atoms with van der Waals surface area (Å²) in [5, 5.41) is 3.60. The van der Waals surface area contributed by atoms with E-state index < -0.39 is 0 Å². The van der Waals surface area contributed by atoms with E-state index in [9.17, 15) is 0 Å². The number of piperazine rings is 1. The Labute approximate surface area is 100 Å². The maximum absolute atomic E-state index is 3.60. The Bertz CT molecular complexity index is 239. The van der Waals surface area contributed by atoms with E-state index in [0.717, 1.165) is 18.5 Å². The van der Waals surface area contributed by atoms with Gasteiger partial charge < -0.3 is 10.2 Å². The number of nitrogens with one attached hydrogen (secondary N) is 1. The van der Waals surface area contributed by atoms with E-state index in [2.05, 4.69) is 42.9 Å². The lowest BCUT2D eigenvalue weighted by Crippen LogP contribution is -2.62. The molecule has 1 N–H and O–H groups in total. The molecule has 0 radical (unpaired) electrons. The molecule has 0 aromatic rings. The minimum Gasteiger partial charge on any atom is -0.309 e. The summed E-state index contributed by atoms with van der Waals surface area (Å²) in [5.74, 6) is 0.813. The number of piperidine rings is 1. The van der Waals surface area contributed by atoms with Crippen LogP contribution in [0.4, 0.5) is 0 Å². The second kappa shape index (κ2) is 4.63. The normalized spacial score (nSPS) is 37.5. The van der Waals surface area contributed by atoms with E-state index in [1.165, 1.54) is 32.6 Å². The highest BCUT2D eigenvalue weighted by molar-refractivity contribution is 4.92. The van der Waals surface area contributed by atoms with Gasteiger partial charge in [-0.15, -0.1) is 0 Å². The van der Waals surface area contributed by atoms with Gasteiger partial charge in [0.25, 0.3) is 0 Å². The SMILES string of the molecule is CC1CN(C)CCC1N1CCNC(C)(C)C1. The third-order valence-electron chi connectivity index (χ3n) is 4.13. The largest absolute Gasteiger partial charge is 0.309 e. The Morgan fingerprint density at radius 2 is 2.00 bits per heavy atom. The minimum atomic E-state index is 0.293. The summed E-state index contributed by atoms with van der Waals surface area (Å²) < 4.78 is 0.